The highest BCUT2D eigenvalue weighted by Gasteiger charge is 2.30. The topological polar surface area (TPSA) is 78.1 Å². The van der Waals surface area contributed by atoms with Gasteiger partial charge >= 0.3 is 0 Å². The molecule has 1 atom stereocenters. The van der Waals surface area contributed by atoms with Crippen LogP contribution in [0.25, 0.3) is 0 Å². The average molecular weight is 415 g/mol. The maximum Gasteiger partial charge on any atom is 0.276 e. The standard InChI is InChI=1S/C16H33FN2O5S.C2H6/c1-4-18-5-6-21-7-8-22-9-10-23-11-12-24-16(2,3)14(17)13-19-15(20)25;1-2/h14,18H,4-13H2,1-3H3,(H2,19,20,25);1-2H3. The number of nitrogens with one attached hydrogen (secondary N) is 2. The lowest BCUT2D eigenvalue weighted by Gasteiger charge is -2.29. The van der Waals surface area contributed by atoms with Crippen LogP contribution in [0.15, 0.2) is 0 Å². The van der Waals surface area contributed by atoms with Crippen LogP contribution >= 0.6 is 12.6 Å². The Labute approximate surface area is 169 Å². The number of hydrogen-bond acceptors (Lipinski definition) is 6. The van der Waals surface area contributed by atoms with Gasteiger partial charge < -0.3 is 29.6 Å². The predicted octanol–water partition coefficient (Wildman–Crippen LogP) is 2.44. The van der Waals surface area contributed by atoms with Gasteiger partial charge in [-0.05, 0) is 20.4 Å². The van der Waals surface area contributed by atoms with Gasteiger partial charge in [0.2, 0.25) is 0 Å². The van der Waals surface area contributed by atoms with Crippen LogP contribution in [0.2, 0.25) is 0 Å². The van der Waals surface area contributed by atoms with E-state index in [0.717, 1.165) is 13.1 Å². The van der Waals surface area contributed by atoms with Crippen molar-refractivity contribution < 1.29 is 28.1 Å². The number of carbonyl (C=O) groups is 1. The van der Waals surface area contributed by atoms with Crippen LogP contribution in [0.5, 0.6) is 0 Å². The van der Waals surface area contributed by atoms with Gasteiger partial charge in [-0.15, -0.1) is 0 Å². The summed E-state index contributed by atoms with van der Waals surface area (Å²) in [5.41, 5.74) is -1.01. The second kappa shape index (κ2) is 20.3. The summed E-state index contributed by atoms with van der Waals surface area (Å²) in [6.45, 7) is 14.2. The molecule has 0 saturated carbocycles. The van der Waals surface area contributed by atoms with Gasteiger partial charge in [0, 0.05) is 6.54 Å². The molecule has 7 nitrogen and oxygen atoms in total. The third-order valence-electron chi connectivity index (χ3n) is 3.31. The Balaban J connectivity index is 0. The molecule has 0 fully saturated rings. The Kier molecular flexibility index (Phi) is 21.6. The highest BCUT2D eigenvalue weighted by atomic mass is 32.1. The maximum absolute atomic E-state index is 13.9. The molecule has 9 heteroatoms. The molecule has 0 bridgehead atoms. The SMILES string of the molecule is CC.CCNCCOCCOCCOCCOC(C)(C)C(F)CNC(=O)S. The Bertz CT molecular complexity index is 339. The van der Waals surface area contributed by atoms with Crippen molar-refractivity contribution in [2.75, 3.05) is 65.9 Å². The molecule has 0 saturated heterocycles. The lowest BCUT2D eigenvalue weighted by molar-refractivity contribution is -0.0893. The average Bonchev–Trinajstić information content (AvgIpc) is 2.65. The van der Waals surface area contributed by atoms with E-state index in [1.165, 1.54) is 0 Å². The minimum atomic E-state index is -1.33. The van der Waals surface area contributed by atoms with Crippen molar-refractivity contribution in [3.05, 3.63) is 0 Å². The van der Waals surface area contributed by atoms with E-state index in [-0.39, 0.29) is 13.2 Å². The third kappa shape index (κ3) is 20.1. The van der Waals surface area contributed by atoms with Gasteiger partial charge in [-0.2, -0.15) is 0 Å². The summed E-state index contributed by atoms with van der Waals surface area (Å²) in [4.78, 5) is 10.7. The molecule has 0 aliphatic carbocycles. The van der Waals surface area contributed by atoms with Crippen molar-refractivity contribution in [1.82, 2.24) is 10.6 Å². The van der Waals surface area contributed by atoms with E-state index in [4.69, 9.17) is 18.9 Å². The predicted molar refractivity (Wildman–Crippen MR) is 110 cm³/mol. The zero-order chi connectivity index (χ0) is 21.0. The van der Waals surface area contributed by atoms with Crippen molar-refractivity contribution in [2.24, 2.45) is 0 Å². The van der Waals surface area contributed by atoms with E-state index in [1.54, 1.807) is 13.8 Å². The number of thiol groups is 1. The lowest BCUT2D eigenvalue weighted by atomic mass is 10.0. The van der Waals surface area contributed by atoms with Crippen LogP contribution in [0.3, 0.4) is 0 Å². The molecule has 0 aromatic carbocycles. The summed E-state index contributed by atoms with van der Waals surface area (Å²) in [6.07, 6.45) is -1.33. The fourth-order valence-electron chi connectivity index (χ4n) is 1.74. The van der Waals surface area contributed by atoms with E-state index < -0.39 is 17.0 Å². The molecule has 0 aromatic heterocycles. The van der Waals surface area contributed by atoms with Gasteiger partial charge in [-0.25, -0.2) is 4.39 Å². The summed E-state index contributed by atoms with van der Waals surface area (Å²) in [5.74, 6) is 0. The number of rotatable bonds is 17. The normalized spacial score (nSPS) is 12.3. The van der Waals surface area contributed by atoms with Gasteiger partial charge in [-0.3, -0.25) is 4.79 Å². The summed E-state index contributed by atoms with van der Waals surface area (Å²) < 4.78 is 35.5. The number of ether oxygens (including phenoxy) is 4. The van der Waals surface area contributed by atoms with E-state index >= 15 is 0 Å². The second-order valence-electron chi connectivity index (χ2n) is 5.80. The number of amides is 1. The molecule has 0 spiro atoms. The molecule has 0 aromatic rings. The first-order valence-electron chi connectivity index (χ1n) is 9.59. The van der Waals surface area contributed by atoms with Gasteiger partial charge in [0.05, 0.1) is 58.4 Å². The lowest BCUT2D eigenvalue weighted by Crippen LogP contribution is -2.43. The van der Waals surface area contributed by atoms with Crippen molar-refractivity contribution >= 4 is 17.9 Å². The molecule has 0 radical (unpaired) electrons. The van der Waals surface area contributed by atoms with Crippen molar-refractivity contribution in [3.63, 3.8) is 0 Å². The zero-order valence-corrected chi connectivity index (χ0v) is 18.4. The molecule has 1 amide bonds. The summed E-state index contributed by atoms with van der Waals surface area (Å²) in [7, 11) is 0. The summed E-state index contributed by atoms with van der Waals surface area (Å²) in [6, 6.07) is 0. The first-order valence-corrected chi connectivity index (χ1v) is 10.0. The quantitative estimate of drug-likeness (QED) is 0.251. The summed E-state index contributed by atoms with van der Waals surface area (Å²) >= 11 is 3.53. The molecule has 0 rings (SSSR count). The minimum Gasteiger partial charge on any atom is -0.378 e. The van der Waals surface area contributed by atoms with E-state index in [9.17, 15) is 9.18 Å². The van der Waals surface area contributed by atoms with E-state index in [2.05, 4.69) is 23.3 Å². The van der Waals surface area contributed by atoms with Crippen molar-refractivity contribution in [1.29, 1.82) is 0 Å². The number of halogens is 1. The fraction of sp³-hybridized carbons (Fsp3) is 0.944. The van der Waals surface area contributed by atoms with Crippen LogP contribution in [-0.2, 0) is 18.9 Å². The summed E-state index contributed by atoms with van der Waals surface area (Å²) in [5, 5.41) is 4.91. The Morgan fingerprint density at radius 3 is 1.96 bits per heavy atom. The highest BCUT2D eigenvalue weighted by Crippen LogP contribution is 2.17. The molecule has 164 valence electrons. The van der Waals surface area contributed by atoms with Gasteiger partial charge in [0.25, 0.3) is 5.24 Å². The Morgan fingerprint density at radius 2 is 1.48 bits per heavy atom. The van der Waals surface area contributed by atoms with Gasteiger partial charge in [-0.1, -0.05) is 33.4 Å². The smallest absolute Gasteiger partial charge is 0.276 e. The number of alkyl halides is 1. The molecule has 2 N–H and O–H groups in total. The molecule has 0 aliphatic heterocycles. The van der Waals surface area contributed by atoms with Crippen LogP contribution in [0.4, 0.5) is 9.18 Å². The second-order valence-corrected chi connectivity index (χ2v) is 6.20. The van der Waals surface area contributed by atoms with Crippen LogP contribution in [0.1, 0.15) is 34.6 Å². The molecular formula is C18H39FN2O5S. The molecule has 0 aliphatic rings. The van der Waals surface area contributed by atoms with Gasteiger partial charge in [0.1, 0.15) is 6.17 Å². The Morgan fingerprint density at radius 1 is 1.00 bits per heavy atom. The van der Waals surface area contributed by atoms with Crippen molar-refractivity contribution in [2.45, 2.75) is 46.4 Å². The van der Waals surface area contributed by atoms with Crippen LogP contribution in [-0.4, -0.2) is 82.9 Å². The monoisotopic (exact) mass is 414 g/mol. The first kappa shape index (κ1) is 28.8. The van der Waals surface area contributed by atoms with E-state index in [1.807, 2.05) is 20.8 Å². The molecule has 1 unspecified atom stereocenters. The third-order valence-corrected chi connectivity index (χ3v) is 3.46. The number of likely N-dealkylation sites (N-methyl/N-ethyl adjacent to an activating group) is 1. The zero-order valence-electron chi connectivity index (χ0n) is 17.5. The number of carbonyl (C=O) groups excluding carboxylic acids is 1. The largest absolute Gasteiger partial charge is 0.378 e. The molecule has 27 heavy (non-hydrogen) atoms. The fourth-order valence-corrected chi connectivity index (χ4v) is 1.83. The molecule has 0 heterocycles. The Hall–Kier alpha value is -0.450. The van der Waals surface area contributed by atoms with Crippen LogP contribution in [0, 0.1) is 0 Å². The van der Waals surface area contributed by atoms with Gasteiger partial charge in [0.15, 0.2) is 0 Å². The number of hydrogen-bond donors (Lipinski definition) is 3. The van der Waals surface area contributed by atoms with Crippen molar-refractivity contribution in [3.8, 4) is 0 Å². The molecular weight excluding hydrogens is 375 g/mol. The van der Waals surface area contributed by atoms with E-state index in [0.29, 0.717) is 39.6 Å². The minimum absolute atomic E-state index is 0.138. The first-order chi connectivity index (χ1) is 12.9. The highest BCUT2D eigenvalue weighted by molar-refractivity contribution is 7.96. The maximum atomic E-state index is 13.9. The van der Waals surface area contributed by atoms with Crippen LogP contribution < -0.4 is 10.6 Å².